The number of carboxylic acids is 3. The zero-order chi connectivity index (χ0) is 13.7. The molecule has 0 atom stereocenters. The maximum Gasteiger partial charge on any atom is 0.307 e. The highest BCUT2D eigenvalue weighted by Crippen LogP contribution is 2.28. The number of carbonyl (C=O) groups is 3. The van der Waals surface area contributed by atoms with Crippen molar-refractivity contribution in [1.29, 1.82) is 0 Å². The smallest absolute Gasteiger partial charge is 0.307 e. The molecule has 1 aliphatic heterocycles. The first kappa shape index (κ1) is 13.8. The molecule has 0 aliphatic carbocycles. The molecule has 7 heteroatoms. The lowest BCUT2D eigenvalue weighted by Crippen LogP contribution is -2.15. The van der Waals surface area contributed by atoms with Crippen molar-refractivity contribution < 1.29 is 34.4 Å². The quantitative estimate of drug-likeness (QED) is 0.636. The van der Waals surface area contributed by atoms with Crippen LogP contribution in [0, 0.1) is 0 Å². The predicted molar refractivity (Wildman–Crippen MR) is 57.8 cm³/mol. The molecule has 0 bridgehead atoms. The summed E-state index contributed by atoms with van der Waals surface area (Å²) in [5.41, 5.74) is 0.731. The second-order valence-electron chi connectivity index (χ2n) is 3.75. The summed E-state index contributed by atoms with van der Waals surface area (Å²) >= 11 is 0. The third-order valence-corrected chi connectivity index (χ3v) is 2.33. The lowest BCUT2D eigenvalue weighted by atomic mass is 9.93. The fourth-order valence-electron chi connectivity index (χ4n) is 1.67. The van der Waals surface area contributed by atoms with Crippen LogP contribution in [-0.2, 0) is 19.1 Å². The lowest BCUT2D eigenvalue weighted by molar-refractivity contribution is -0.138. The Morgan fingerprint density at radius 2 is 1.56 bits per heavy atom. The highest BCUT2D eigenvalue weighted by Gasteiger charge is 2.22. The van der Waals surface area contributed by atoms with Crippen molar-refractivity contribution in [3.05, 3.63) is 23.0 Å². The molecular weight excluding hydrogens is 244 g/mol. The Hall–Kier alpha value is -2.31. The highest BCUT2D eigenvalue weighted by atomic mass is 16.5. The van der Waals surface area contributed by atoms with Gasteiger partial charge in [0.15, 0.2) is 0 Å². The Bertz CT molecular complexity index is 444. The van der Waals surface area contributed by atoms with Gasteiger partial charge in [-0.05, 0) is 11.1 Å². The van der Waals surface area contributed by atoms with Crippen LogP contribution >= 0.6 is 0 Å². The van der Waals surface area contributed by atoms with Gasteiger partial charge >= 0.3 is 17.9 Å². The minimum absolute atomic E-state index is 0.0297. The van der Waals surface area contributed by atoms with Gasteiger partial charge < -0.3 is 20.1 Å². The summed E-state index contributed by atoms with van der Waals surface area (Å²) < 4.78 is 4.97. The van der Waals surface area contributed by atoms with E-state index in [-0.39, 0.29) is 24.2 Å². The Balaban J connectivity index is 3.05. The van der Waals surface area contributed by atoms with E-state index >= 15 is 0 Å². The molecular formula is C11H12O7. The van der Waals surface area contributed by atoms with E-state index in [1.807, 2.05) is 0 Å². The van der Waals surface area contributed by atoms with E-state index < -0.39 is 30.7 Å². The molecule has 1 aliphatic rings. The standard InChI is InChI=1S/C11H12O7/c12-9(13)1-6-4-18-5-7(2-10(14)15)8(6)3-11(16)17/h4H,1-3,5H2,(H,12,13)(H,14,15)(H,16,17). The molecule has 0 fully saturated rings. The molecule has 0 amide bonds. The van der Waals surface area contributed by atoms with Crippen LogP contribution in [0.4, 0.5) is 0 Å². The van der Waals surface area contributed by atoms with Crippen molar-refractivity contribution in [2.45, 2.75) is 19.3 Å². The number of rotatable bonds is 6. The summed E-state index contributed by atoms with van der Waals surface area (Å²) in [6.07, 6.45) is 0.00807. The largest absolute Gasteiger partial charge is 0.497 e. The molecule has 0 saturated carbocycles. The van der Waals surface area contributed by atoms with Gasteiger partial charge in [0.1, 0.15) is 6.61 Å². The maximum atomic E-state index is 10.7. The van der Waals surface area contributed by atoms with Crippen LogP contribution in [-0.4, -0.2) is 39.8 Å². The number of hydrogen-bond acceptors (Lipinski definition) is 4. The van der Waals surface area contributed by atoms with Gasteiger partial charge in [0.25, 0.3) is 0 Å². The Kier molecular flexibility index (Phi) is 4.47. The van der Waals surface area contributed by atoms with Gasteiger partial charge in [-0.25, -0.2) is 0 Å². The van der Waals surface area contributed by atoms with Gasteiger partial charge in [-0.2, -0.15) is 0 Å². The van der Waals surface area contributed by atoms with Gasteiger partial charge in [-0.3, -0.25) is 14.4 Å². The third kappa shape index (κ3) is 3.93. The predicted octanol–water partition coefficient (Wildman–Crippen LogP) is 0.621. The average Bonchev–Trinajstić information content (AvgIpc) is 2.20. The normalized spacial score (nSPS) is 14.8. The van der Waals surface area contributed by atoms with Crippen LogP contribution in [0.2, 0.25) is 0 Å². The zero-order valence-corrected chi connectivity index (χ0v) is 9.38. The Morgan fingerprint density at radius 1 is 1.00 bits per heavy atom. The Labute approximate surface area is 102 Å². The molecule has 1 rings (SSSR count). The van der Waals surface area contributed by atoms with E-state index in [9.17, 15) is 14.4 Å². The lowest BCUT2D eigenvalue weighted by Gasteiger charge is -2.20. The first-order valence-electron chi connectivity index (χ1n) is 5.07. The van der Waals surface area contributed by atoms with Crippen LogP contribution in [0.25, 0.3) is 0 Å². The van der Waals surface area contributed by atoms with Crippen molar-refractivity contribution in [3.8, 4) is 0 Å². The van der Waals surface area contributed by atoms with Crippen LogP contribution < -0.4 is 0 Å². The number of ether oxygens (including phenoxy) is 1. The molecule has 0 saturated heterocycles. The van der Waals surface area contributed by atoms with Gasteiger partial charge in [-0.1, -0.05) is 0 Å². The summed E-state index contributed by atoms with van der Waals surface area (Å²) in [4.78, 5) is 32.0. The molecule has 0 aromatic rings. The highest BCUT2D eigenvalue weighted by molar-refractivity contribution is 5.78. The minimum atomic E-state index is -1.15. The molecule has 98 valence electrons. The summed E-state index contributed by atoms with van der Waals surface area (Å²) in [6, 6.07) is 0. The average molecular weight is 256 g/mol. The number of aliphatic carboxylic acids is 3. The number of hydrogen-bond donors (Lipinski definition) is 3. The summed E-state index contributed by atoms with van der Waals surface area (Å²) in [7, 11) is 0. The maximum absolute atomic E-state index is 10.7. The third-order valence-electron chi connectivity index (χ3n) is 2.33. The molecule has 3 N–H and O–H groups in total. The molecule has 7 nitrogen and oxygen atoms in total. The first-order chi connectivity index (χ1) is 8.40. The first-order valence-corrected chi connectivity index (χ1v) is 5.07. The molecule has 0 spiro atoms. The summed E-state index contributed by atoms with van der Waals surface area (Å²) in [5.74, 6) is -3.40. The fraction of sp³-hybridized carbons (Fsp3) is 0.364. The second kappa shape index (κ2) is 5.85. The monoisotopic (exact) mass is 256 g/mol. The van der Waals surface area contributed by atoms with E-state index in [2.05, 4.69) is 0 Å². The van der Waals surface area contributed by atoms with Crippen LogP contribution in [0.1, 0.15) is 19.3 Å². The van der Waals surface area contributed by atoms with Crippen molar-refractivity contribution >= 4 is 17.9 Å². The van der Waals surface area contributed by atoms with E-state index in [4.69, 9.17) is 20.1 Å². The van der Waals surface area contributed by atoms with E-state index in [0.717, 1.165) is 0 Å². The van der Waals surface area contributed by atoms with Gasteiger partial charge in [0.05, 0.1) is 25.5 Å². The second-order valence-corrected chi connectivity index (χ2v) is 3.75. The van der Waals surface area contributed by atoms with Crippen LogP contribution in [0.5, 0.6) is 0 Å². The van der Waals surface area contributed by atoms with Crippen molar-refractivity contribution in [1.82, 2.24) is 0 Å². The van der Waals surface area contributed by atoms with Gasteiger partial charge in [0.2, 0.25) is 0 Å². The zero-order valence-electron chi connectivity index (χ0n) is 9.38. The van der Waals surface area contributed by atoms with Gasteiger partial charge in [0, 0.05) is 5.57 Å². The topological polar surface area (TPSA) is 121 Å². The molecule has 0 radical (unpaired) electrons. The van der Waals surface area contributed by atoms with Crippen LogP contribution in [0.15, 0.2) is 23.0 Å². The summed E-state index contributed by atoms with van der Waals surface area (Å²) in [6.45, 7) is -0.0297. The molecule has 18 heavy (non-hydrogen) atoms. The molecule has 0 aromatic carbocycles. The van der Waals surface area contributed by atoms with E-state index in [0.29, 0.717) is 5.57 Å². The SMILES string of the molecule is O=C(O)CC1=COCC(CC(=O)O)=C1CC(=O)O. The number of carboxylic acid groups (broad SMARTS) is 3. The van der Waals surface area contributed by atoms with Crippen molar-refractivity contribution in [2.24, 2.45) is 0 Å². The van der Waals surface area contributed by atoms with Crippen molar-refractivity contribution in [2.75, 3.05) is 6.61 Å². The summed E-state index contributed by atoms with van der Waals surface area (Å²) in [5, 5.41) is 26.2. The van der Waals surface area contributed by atoms with Gasteiger partial charge in [-0.15, -0.1) is 0 Å². The van der Waals surface area contributed by atoms with E-state index in [1.54, 1.807) is 0 Å². The Morgan fingerprint density at radius 3 is 2.06 bits per heavy atom. The van der Waals surface area contributed by atoms with Crippen molar-refractivity contribution in [3.63, 3.8) is 0 Å². The molecule has 1 heterocycles. The van der Waals surface area contributed by atoms with Crippen LogP contribution in [0.3, 0.4) is 0 Å². The minimum Gasteiger partial charge on any atom is -0.497 e. The molecule has 0 aromatic heterocycles. The van der Waals surface area contributed by atoms with E-state index in [1.165, 1.54) is 6.26 Å². The fourth-order valence-corrected chi connectivity index (χ4v) is 1.67. The molecule has 0 unspecified atom stereocenters.